The van der Waals surface area contributed by atoms with E-state index in [1.807, 2.05) is 12.1 Å². The van der Waals surface area contributed by atoms with Gasteiger partial charge in [0.25, 0.3) is 0 Å². The minimum Gasteiger partial charge on any atom is -0.132 e. The van der Waals surface area contributed by atoms with Crippen LogP contribution in [0.3, 0.4) is 0 Å². The highest BCUT2D eigenvalue weighted by Crippen LogP contribution is 2.14. The number of hydrogen-bond donors (Lipinski definition) is 0. The van der Waals surface area contributed by atoms with Crippen molar-refractivity contribution in [1.82, 2.24) is 0 Å². The van der Waals surface area contributed by atoms with Crippen LogP contribution in [0, 0.1) is 19.3 Å². The molecule has 0 fully saturated rings. The van der Waals surface area contributed by atoms with Crippen LogP contribution in [0.5, 0.6) is 0 Å². The lowest BCUT2D eigenvalue weighted by molar-refractivity contribution is 1.35. The molecule has 0 aliphatic rings. The Kier molecular flexibility index (Phi) is 1.92. The second-order valence-electron chi connectivity index (χ2n) is 1.66. The van der Waals surface area contributed by atoms with E-state index < -0.39 is 0 Å². The molecule has 1 aromatic heterocycles. The summed E-state index contributed by atoms with van der Waals surface area (Å²) < 4.78 is 0. The Morgan fingerprint density at radius 1 is 1.67 bits per heavy atom. The highest BCUT2D eigenvalue weighted by molar-refractivity contribution is 7.12. The van der Waals surface area contributed by atoms with Crippen molar-refractivity contribution in [3.8, 4) is 12.3 Å². The molecule has 0 spiro atoms. The van der Waals surface area contributed by atoms with Crippen LogP contribution in [-0.4, -0.2) is 0 Å². The van der Waals surface area contributed by atoms with Crippen molar-refractivity contribution in [3.63, 3.8) is 0 Å². The lowest BCUT2D eigenvalue weighted by atomic mass is 10.4. The van der Waals surface area contributed by atoms with Gasteiger partial charge in [-0.1, -0.05) is 5.92 Å². The van der Waals surface area contributed by atoms with Crippen LogP contribution in [0.2, 0.25) is 0 Å². The van der Waals surface area contributed by atoms with Gasteiger partial charge in [0.05, 0.1) is 4.88 Å². The molecule has 0 saturated carbocycles. The van der Waals surface area contributed by atoms with Gasteiger partial charge in [-0.25, -0.2) is 0 Å². The van der Waals surface area contributed by atoms with E-state index in [0.29, 0.717) is 0 Å². The molecule has 0 amide bonds. The summed E-state index contributed by atoms with van der Waals surface area (Å²) in [5.74, 6) is 2.57. The predicted octanol–water partition coefficient (Wildman–Crippen LogP) is 2.11. The zero-order valence-corrected chi connectivity index (χ0v) is 5.87. The highest BCUT2D eigenvalue weighted by Gasteiger charge is 1.92. The summed E-state index contributed by atoms with van der Waals surface area (Å²) in [6, 6.07) is 3.97. The smallest absolute Gasteiger partial charge is 0.0768 e. The first kappa shape index (κ1) is 6.38. The zero-order valence-electron chi connectivity index (χ0n) is 5.05. The van der Waals surface area contributed by atoms with Crippen molar-refractivity contribution < 1.29 is 0 Å². The Balaban J connectivity index is 2.90. The molecule has 0 N–H and O–H groups in total. The van der Waals surface area contributed by atoms with Crippen molar-refractivity contribution in [2.75, 3.05) is 0 Å². The summed E-state index contributed by atoms with van der Waals surface area (Å²) in [5.41, 5.74) is 0. The fourth-order valence-corrected chi connectivity index (χ4v) is 1.31. The van der Waals surface area contributed by atoms with Crippen molar-refractivity contribution in [1.29, 1.82) is 0 Å². The minimum absolute atomic E-state index is 0.840. The van der Waals surface area contributed by atoms with Gasteiger partial charge in [-0.3, -0.25) is 0 Å². The molecule has 0 bridgehead atoms. The van der Waals surface area contributed by atoms with Crippen molar-refractivity contribution in [2.45, 2.75) is 6.42 Å². The van der Waals surface area contributed by atoms with Gasteiger partial charge in [-0.2, -0.15) is 0 Å². The Labute approximate surface area is 59.5 Å². The monoisotopic (exact) mass is 135 g/mol. The van der Waals surface area contributed by atoms with E-state index in [2.05, 4.69) is 12.8 Å². The second kappa shape index (κ2) is 2.70. The topological polar surface area (TPSA) is 0 Å². The van der Waals surface area contributed by atoms with Gasteiger partial charge >= 0.3 is 0 Å². The lowest BCUT2D eigenvalue weighted by Gasteiger charge is -1.80. The lowest BCUT2D eigenvalue weighted by Crippen LogP contribution is -1.64. The molecule has 0 aromatic carbocycles. The number of hydrogen-bond acceptors (Lipinski definition) is 1. The van der Waals surface area contributed by atoms with E-state index in [1.165, 1.54) is 4.88 Å². The molecule has 0 saturated heterocycles. The molecule has 9 heavy (non-hydrogen) atoms. The quantitative estimate of drug-likeness (QED) is 0.517. The standard InChI is InChI=1S/C8H7S/c1-3-7-5-6-8(4-2)9-7/h1,5-6H,2,4H2. The van der Waals surface area contributed by atoms with Crippen LogP contribution < -0.4 is 0 Å². The average molecular weight is 135 g/mol. The first-order valence-electron chi connectivity index (χ1n) is 2.71. The first-order valence-corrected chi connectivity index (χ1v) is 3.53. The van der Waals surface area contributed by atoms with Gasteiger partial charge in [0.15, 0.2) is 0 Å². The summed E-state index contributed by atoms with van der Waals surface area (Å²) >= 11 is 1.63. The maximum absolute atomic E-state index is 5.16. The van der Waals surface area contributed by atoms with Gasteiger partial charge in [-0.05, 0) is 25.5 Å². The first-order chi connectivity index (χ1) is 4.36. The zero-order chi connectivity index (χ0) is 6.69. The Hall–Kier alpha value is -0.740. The van der Waals surface area contributed by atoms with Gasteiger partial charge < -0.3 is 0 Å². The van der Waals surface area contributed by atoms with Crippen LogP contribution in [-0.2, 0) is 6.42 Å². The second-order valence-corrected chi connectivity index (χ2v) is 2.83. The molecular formula is C8H7S. The van der Waals surface area contributed by atoms with E-state index in [1.54, 1.807) is 11.3 Å². The summed E-state index contributed by atoms with van der Waals surface area (Å²) in [5, 5.41) is 0. The molecule has 1 rings (SSSR count). The summed E-state index contributed by atoms with van der Waals surface area (Å²) in [7, 11) is 0. The fourth-order valence-electron chi connectivity index (χ4n) is 0.590. The Morgan fingerprint density at radius 3 is 2.78 bits per heavy atom. The van der Waals surface area contributed by atoms with Crippen LogP contribution in [0.25, 0.3) is 0 Å². The highest BCUT2D eigenvalue weighted by atomic mass is 32.1. The fraction of sp³-hybridized carbons (Fsp3) is 0.125. The molecule has 0 aliphatic heterocycles. The van der Waals surface area contributed by atoms with Crippen molar-refractivity contribution >= 4 is 11.3 Å². The third kappa shape index (κ3) is 1.34. The molecule has 1 radical (unpaired) electrons. The van der Waals surface area contributed by atoms with Crippen molar-refractivity contribution in [3.05, 3.63) is 28.8 Å². The Morgan fingerprint density at radius 2 is 2.44 bits per heavy atom. The number of terminal acetylenes is 1. The van der Waals surface area contributed by atoms with Gasteiger partial charge in [-0.15, -0.1) is 17.8 Å². The molecule has 0 nitrogen and oxygen atoms in total. The third-order valence-corrected chi connectivity index (χ3v) is 2.13. The maximum Gasteiger partial charge on any atom is 0.0768 e. The minimum atomic E-state index is 0.840. The van der Waals surface area contributed by atoms with Crippen LogP contribution in [0.1, 0.15) is 9.75 Å². The molecular weight excluding hydrogens is 128 g/mol. The SMILES string of the molecule is C#Cc1ccc(C[CH2])s1. The summed E-state index contributed by atoms with van der Waals surface area (Å²) in [6.07, 6.45) is 6.00. The molecule has 45 valence electrons. The number of rotatable bonds is 1. The van der Waals surface area contributed by atoms with E-state index in [4.69, 9.17) is 6.42 Å². The predicted molar refractivity (Wildman–Crippen MR) is 41.3 cm³/mol. The number of thiophene rings is 1. The van der Waals surface area contributed by atoms with Gasteiger partial charge in [0.2, 0.25) is 0 Å². The molecule has 0 atom stereocenters. The van der Waals surface area contributed by atoms with Crippen molar-refractivity contribution in [2.24, 2.45) is 0 Å². The van der Waals surface area contributed by atoms with Crippen LogP contribution in [0.4, 0.5) is 0 Å². The van der Waals surface area contributed by atoms with E-state index in [9.17, 15) is 0 Å². The largest absolute Gasteiger partial charge is 0.132 e. The third-order valence-electron chi connectivity index (χ3n) is 1.05. The van der Waals surface area contributed by atoms with E-state index >= 15 is 0 Å². The van der Waals surface area contributed by atoms with Crippen LogP contribution >= 0.6 is 11.3 Å². The molecule has 0 aliphatic carbocycles. The molecule has 0 unspecified atom stereocenters. The normalized spacial score (nSPS) is 8.89. The Bertz CT molecular complexity index is 227. The summed E-state index contributed by atoms with van der Waals surface area (Å²) in [4.78, 5) is 2.25. The van der Waals surface area contributed by atoms with E-state index in [-0.39, 0.29) is 0 Å². The van der Waals surface area contributed by atoms with Crippen LogP contribution in [0.15, 0.2) is 12.1 Å². The van der Waals surface area contributed by atoms with Gasteiger partial charge in [0, 0.05) is 4.88 Å². The maximum atomic E-state index is 5.16. The van der Waals surface area contributed by atoms with E-state index in [0.717, 1.165) is 11.3 Å². The molecule has 1 aromatic rings. The summed E-state index contributed by atoms with van der Waals surface area (Å²) in [6.45, 7) is 3.75. The van der Waals surface area contributed by atoms with Gasteiger partial charge in [0.1, 0.15) is 0 Å². The average Bonchev–Trinajstić information content (AvgIpc) is 2.34. The molecule has 1 heterocycles. The molecule has 1 heteroatoms.